The predicted octanol–water partition coefficient (Wildman–Crippen LogP) is 6.51. The van der Waals surface area contributed by atoms with Gasteiger partial charge in [0.15, 0.2) is 0 Å². The fourth-order valence-corrected chi connectivity index (χ4v) is 2.81. The van der Waals surface area contributed by atoms with Crippen molar-refractivity contribution in [1.82, 2.24) is 0 Å². The Morgan fingerprint density at radius 2 is 1.38 bits per heavy atom. The summed E-state index contributed by atoms with van der Waals surface area (Å²) in [6.07, 6.45) is 4.73. The first-order chi connectivity index (χ1) is 10.3. The summed E-state index contributed by atoms with van der Waals surface area (Å²) in [5.74, 6) is 0. The summed E-state index contributed by atoms with van der Waals surface area (Å²) in [4.78, 5) is 0. The molecule has 0 nitrogen and oxygen atoms in total. The highest BCUT2D eigenvalue weighted by Crippen LogP contribution is 2.32. The van der Waals surface area contributed by atoms with E-state index in [9.17, 15) is 0 Å². The zero-order valence-corrected chi connectivity index (χ0v) is 13.5. The second-order valence-corrected chi connectivity index (χ2v) is 5.65. The monoisotopic (exact) mass is 278 g/mol. The van der Waals surface area contributed by atoms with Gasteiger partial charge in [0, 0.05) is 0 Å². The van der Waals surface area contributed by atoms with E-state index in [1.165, 1.54) is 40.7 Å². The van der Waals surface area contributed by atoms with Crippen molar-refractivity contribution < 1.29 is 0 Å². The molecule has 0 unspecified atom stereocenters. The SMILES string of the molecule is CCCC/C(=C(\CC)c1ccccc1)c1ccc(C)cc1. The molecular weight excluding hydrogens is 252 g/mol. The summed E-state index contributed by atoms with van der Waals surface area (Å²) in [5, 5.41) is 0. The minimum absolute atomic E-state index is 1.08. The second kappa shape index (κ2) is 7.83. The molecule has 0 radical (unpaired) electrons. The molecule has 0 heterocycles. The Hall–Kier alpha value is -1.82. The zero-order chi connectivity index (χ0) is 15.1. The maximum Gasteiger partial charge on any atom is -0.0221 e. The normalized spacial score (nSPS) is 12.1. The highest BCUT2D eigenvalue weighted by molar-refractivity contribution is 5.90. The highest BCUT2D eigenvalue weighted by atomic mass is 14.1. The van der Waals surface area contributed by atoms with Crippen LogP contribution in [0.5, 0.6) is 0 Å². The van der Waals surface area contributed by atoms with Gasteiger partial charge in [0.25, 0.3) is 0 Å². The number of allylic oxidation sites excluding steroid dienone is 2. The lowest BCUT2D eigenvalue weighted by molar-refractivity contribution is 0.823. The highest BCUT2D eigenvalue weighted by Gasteiger charge is 2.09. The van der Waals surface area contributed by atoms with Crippen LogP contribution in [0.3, 0.4) is 0 Å². The standard InChI is InChI=1S/C21H26/c1-4-6-12-21(19-15-13-17(3)14-16-19)20(5-2)18-10-8-7-9-11-18/h7-11,13-16H,4-6,12H2,1-3H3/b21-20-. The van der Waals surface area contributed by atoms with E-state index in [2.05, 4.69) is 75.4 Å². The topological polar surface area (TPSA) is 0 Å². The molecule has 0 amide bonds. The van der Waals surface area contributed by atoms with Crippen molar-refractivity contribution in [3.05, 3.63) is 71.3 Å². The number of hydrogen-bond acceptors (Lipinski definition) is 0. The Morgan fingerprint density at radius 3 is 1.95 bits per heavy atom. The van der Waals surface area contributed by atoms with Gasteiger partial charge in [-0.3, -0.25) is 0 Å². The lowest BCUT2D eigenvalue weighted by Gasteiger charge is -2.16. The number of aryl methyl sites for hydroxylation is 1. The van der Waals surface area contributed by atoms with Crippen molar-refractivity contribution in [1.29, 1.82) is 0 Å². The van der Waals surface area contributed by atoms with E-state index in [4.69, 9.17) is 0 Å². The van der Waals surface area contributed by atoms with Crippen molar-refractivity contribution in [2.75, 3.05) is 0 Å². The molecule has 0 fully saturated rings. The number of rotatable bonds is 6. The second-order valence-electron chi connectivity index (χ2n) is 5.65. The third kappa shape index (κ3) is 4.07. The van der Waals surface area contributed by atoms with Gasteiger partial charge in [0.2, 0.25) is 0 Å². The van der Waals surface area contributed by atoms with Gasteiger partial charge in [-0.2, -0.15) is 0 Å². The number of benzene rings is 2. The maximum atomic E-state index is 2.28. The molecule has 0 aromatic heterocycles. The van der Waals surface area contributed by atoms with Crippen LogP contribution in [0.4, 0.5) is 0 Å². The summed E-state index contributed by atoms with van der Waals surface area (Å²) < 4.78 is 0. The molecule has 0 aliphatic heterocycles. The summed E-state index contributed by atoms with van der Waals surface area (Å²) in [6, 6.07) is 19.8. The van der Waals surface area contributed by atoms with Crippen LogP contribution >= 0.6 is 0 Å². The molecule has 110 valence electrons. The van der Waals surface area contributed by atoms with Crippen LogP contribution in [0, 0.1) is 6.92 Å². The smallest absolute Gasteiger partial charge is 0.0221 e. The van der Waals surface area contributed by atoms with E-state index in [-0.39, 0.29) is 0 Å². The third-order valence-corrected chi connectivity index (χ3v) is 4.02. The fourth-order valence-electron chi connectivity index (χ4n) is 2.81. The first-order valence-corrected chi connectivity index (χ1v) is 8.10. The molecule has 0 bridgehead atoms. The van der Waals surface area contributed by atoms with E-state index in [1.54, 1.807) is 0 Å². The van der Waals surface area contributed by atoms with Crippen molar-refractivity contribution in [3.63, 3.8) is 0 Å². The average molecular weight is 278 g/mol. The zero-order valence-electron chi connectivity index (χ0n) is 13.5. The van der Waals surface area contributed by atoms with Crippen LogP contribution in [0.25, 0.3) is 11.1 Å². The number of hydrogen-bond donors (Lipinski definition) is 0. The summed E-state index contributed by atoms with van der Waals surface area (Å²) in [6.45, 7) is 6.68. The van der Waals surface area contributed by atoms with Crippen LogP contribution in [-0.2, 0) is 0 Å². The van der Waals surface area contributed by atoms with E-state index in [0.717, 1.165) is 12.8 Å². The molecule has 21 heavy (non-hydrogen) atoms. The van der Waals surface area contributed by atoms with E-state index >= 15 is 0 Å². The van der Waals surface area contributed by atoms with E-state index < -0.39 is 0 Å². The Kier molecular flexibility index (Phi) is 5.80. The van der Waals surface area contributed by atoms with Gasteiger partial charge in [-0.05, 0) is 48.5 Å². The van der Waals surface area contributed by atoms with Gasteiger partial charge in [-0.1, -0.05) is 80.4 Å². The van der Waals surface area contributed by atoms with Crippen LogP contribution < -0.4 is 0 Å². The molecule has 0 N–H and O–H groups in total. The summed E-state index contributed by atoms with van der Waals surface area (Å²) >= 11 is 0. The lowest BCUT2D eigenvalue weighted by atomic mass is 9.89. The molecule has 2 rings (SSSR count). The lowest BCUT2D eigenvalue weighted by Crippen LogP contribution is -1.93. The van der Waals surface area contributed by atoms with Gasteiger partial charge >= 0.3 is 0 Å². The molecule has 0 aliphatic carbocycles. The first-order valence-electron chi connectivity index (χ1n) is 8.10. The third-order valence-electron chi connectivity index (χ3n) is 4.02. The molecule has 0 heteroatoms. The number of unbranched alkanes of at least 4 members (excludes halogenated alkanes) is 1. The van der Waals surface area contributed by atoms with E-state index in [0.29, 0.717) is 0 Å². The Bertz CT molecular complexity index is 573. The molecule has 0 saturated carbocycles. The van der Waals surface area contributed by atoms with E-state index in [1.807, 2.05) is 0 Å². The fraction of sp³-hybridized carbons (Fsp3) is 0.333. The van der Waals surface area contributed by atoms with Crippen LogP contribution in [0.2, 0.25) is 0 Å². The Labute approximate surface area is 129 Å². The average Bonchev–Trinajstić information content (AvgIpc) is 2.53. The minimum atomic E-state index is 1.08. The predicted molar refractivity (Wildman–Crippen MR) is 94.3 cm³/mol. The van der Waals surface area contributed by atoms with Crippen LogP contribution in [0.1, 0.15) is 56.2 Å². The molecular formula is C21H26. The molecule has 0 saturated heterocycles. The Morgan fingerprint density at radius 1 is 0.762 bits per heavy atom. The summed E-state index contributed by atoms with van der Waals surface area (Å²) in [7, 11) is 0. The maximum absolute atomic E-state index is 2.28. The van der Waals surface area contributed by atoms with Gasteiger partial charge < -0.3 is 0 Å². The molecule has 2 aromatic rings. The van der Waals surface area contributed by atoms with Gasteiger partial charge in [0.05, 0.1) is 0 Å². The molecule has 0 aliphatic rings. The largest absolute Gasteiger partial charge is 0.0654 e. The Balaban J connectivity index is 2.50. The van der Waals surface area contributed by atoms with Gasteiger partial charge in [0.1, 0.15) is 0 Å². The quantitative estimate of drug-likeness (QED) is 0.529. The van der Waals surface area contributed by atoms with Crippen molar-refractivity contribution in [3.8, 4) is 0 Å². The van der Waals surface area contributed by atoms with Crippen molar-refractivity contribution in [2.24, 2.45) is 0 Å². The van der Waals surface area contributed by atoms with Crippen molar-refractivity contribution in [2.45, 2.75) is 46.5 Å². The van der Waals surface area contributed by atoms with Crippen LogP contribution in [-0.4, -0.2) is 0 Å². The first kappa shape index (κ1) is 15.6. The van der Waals surface area contributed by atoms with Gasteiger partial charge in [-0.15, -0.1) is 0 Å². The minimum Gasteiger partial charge on any atom is -0.0654 e. The van der Waals surface area contributed by atoms with Crippen molar-refractivity contribution >= 4 is 11.1 Å². The molecule has 0 spiro atoms. The van der Waals surface area contributed by atoms with Gasteiger partial charge in [-0.25, -0.2) is 0 Å². The summed E-state index contributed by atoms with van der Waals surface area (Å²) in [5.41, 5.74) is 7.09. The molecule has 0 atom stereocenters. The molecule has 2 aromatic carbocycles. The van der Waals surface area contributed by atoms with Crippen LogP contribution in [0.15, 0.2) is 54.6 Å².